The van der Waals surface area contributed by atoms with Gasteiger partial charge in [-0.15, -0.1) is 0 Å². The average Bonchev–Trinajstić information content (AvgIpc) is 2.97. The molecular formula is C18H21N7O. The third kappa shape index (κ3) is 4.21. The summed E-state index contributed by atoms with van der Waals surface area (Å²) in [7, 11) is 0. The van der Waals surface area contributed by atoms with Crippen LogP contribution in [0, 0.1) is 20.8 Å². The maximum atomic E-state index is 12.0. The molecule has 0 fully saturated rings. The molecule has 0 saturated carbocycles. The van der Waals surface area contributed by atoms with Crippen molar-refractivity contribution >= 4 is 11.7 Å². The number of hydrogen-bond acceptors (Lipinski definition) is 6. The molecule has 0 aromatic carbocycles. The summed E-state index contributed by atoms with van der Waals surface area (Å²) in [5.74, 6) is 1.90. The molecule has 3 aromatic rings. The second-order valence-corrected chi connectivity index (χ2v) is 5.92. The molecule has 0 aliphatic heterocycles. The largest absolute Gasteiger partial charge is 0.368 e. The van der Waals surface area contributed by atoms with E-state index in [1.54, 1.807) is 23.0 Å². The molecule has 3 heterocycles. The average molecular weight is 351 g/mol. The molecular weight excluding hydrogens is 330 g/mol. The number of amides is 1. The highest BCUT2D eigenvalue weighted by molar-refractivity contribution is 5.93. The number of pyridine rings is 1. The van der Waals surface area contributed by atoms with Crippen LogP contribution in [0.2, 0.25) is 0 Å². The fraction of sp³-hybridized carbons (Fsp3) is 0.278. The van der Waals surface area contributed by atoms with E-state index >= 15 is 0 Å². The highest BCUT2D eigenvalue weighted by Gasteiger charge is 2.08. The molecule has 0 spiro atoms. The van der Waals surface area contributed by atoms with Crippen molar-refractivity contribution in [1.29, 1.82) is 0 Å². The van der Waals surface area contributed by atoms with Gasteiger partial charge in [-0.3, -0.25) is 9.78 Å². The first-order valence-corrected chi connectivity index (χ1v) is 8.34. The Morgan fingerprint density at radius 2 is 2.00 bits per heavy atom. The van der Waals surface area contributed by atoms with E-state index in [1.165, 1.54) is 6.20 Å². The molecule has 0 aliphatic rings. The molecule has 0 atom stereocenters. The van der Waals surface area contributed by atoms with Crippen molar-refractivity contribution in [3.8, 4) is 5.82 Å². The standard InChI is InChI=1S/C18H21N7O/c1-12-9-13(2)25(24-12)17-10-16(22-14(3)23-17)20-7-8-21-18(26)15-5-4-6-19-11-15/h4-6,9-11H,7-8H2,1-3H3,(H,21,26)(H,20,22,23). The summed E-state index contributed by atoms with van der Waals surface area (Å²) < 4.78 is 1.79. The highest BCUT2D eigenvalue weighted by atomic mass is 16.1. The second kappa shape index (κ2) is 7.73. The van der Waals surface area contributed by atoms with Gasteiger partial charge < -0.3 is 10.6 Å². The molecule has 0 bridgehead atoms. The minimum absolute atomic E-state index is 0.151. The predicted molar refractivity (Wildman–Crippen MR) is 98.4 cm³/mol. The minimum Gasteiger partial charge on any atom is -0.368 e. The Kier molecular flexibility index (Phi) is 5.21. The van der Waals surface area contributed by atoms with Gasteiger partial charge in [-0.25, -0.2) is 14.6 Å². The van der Waals surface area contributed by atoms with Crippen molar-refractivity contribution in [3.63, 3.8) is 0 Å². The number of carbonyl (C=O) groups excluding carboxylic acids is 1. The second-order valence-electron chi connectivity index (χ2n) is 5.92. The van der Waals surface area contributed by atoms with Crippen molar-refractivity contribution in [2.75, 3.05) is 18.4 Å². The fourth-order valence-corrected chi connectivity index (χ4v) is 2.58. The van der Waals surface area contributed by atoms with Gasteiger partial charge >= 0.3 is 0 Å². The van der Waals surface area contributed by atoms with Crippen molar-refractivity contribution in [1.82, 2.24) is 30.0 Å². The summed E-state index contributed by atoms with van der Waals surface area (Å²) >= 11 is 0. The van der Waals surface area contributed by atoms with E-state index in [2.05, 4.69) is 30.7 Å². The van der Waals surface area contributed by atoms with Crippen LogP contribution in [-0.2, 0) is 0 Å². The van der Waals surface area contributed by atoms with Gasteiger partial charge in [0.25, 0.3) is 5.91 Å². The number of carbonyl (C=O) groups is 1. The molecule has 1 amide bonds. The van der Waals surface area contributed by atoms with Crippen LogP contribution in [0.3, 0.4) is 0 Å². The van der Waals surface area contributed by atoms with E-state index in [-0.39, 0.29) is 5.91 Å². The maximum Gasteiger partial charge on any atom is 0.252 e. The van der Waals surface area contributed by atoms with Gasteiger partial charge in [0.2, 0.25) is 0 Å². The third-order valence-electron chi connectivity index (χ3n) is 3.69. The van der Waals surface area contributed by atoms with Crippen LogP contribution >= 0.6 is 0 Å². The van der Waals surface area contributed by atoms with Gasteiger partial charge in [-0.2, -0.15) is 5.10 Å². The number of nitrogens with one attached hydrogen (secondary N) is 2. The van der Waals surface area contributed by atoms with Gasteiger partial charge in [0.05, 0.1) is 11.3 Å². The zero-order valence-electron chi connectivity index (χ0n) is 15.0. The lowest BCUT2D eigenvalue weighted by molar-refractivity contribution is 0.0955. The number of hydrogen-bond donors (Lipinski definition) is 2. The van der Waals surface area contributed by atoms with Crippen LogP contribution in [0.5, 0.6) is 0 Å². The van der Waals surface area contributed by atoms with Crippen molar-refractivity contribution in [2.24, 2.45) is 0 Å². The molecule has 3 aromatic heterocycles. The Hall–Kier alpha value is -3.29. The summed E-state index contributed by atoms with van der Waals surface area (Å²) in [6.07, 6.45) is 3.17. The first-order chi connectivity index (χ1) is 12.5. The number of nitrogens with zero attached hydrogens (tertiary/aromatic N) is 5. The van der Waals surface area contributed by atoms with Gasteiger partial charge in [0.1, 0.15) is 11.6 Å². The molecule has 134 valence electrons. The zero-order valence-corrected chi connectivity index (χ0v) is 15.0. The SMILES string of the molecule is Cc1cc(C)n(-c2cc(NCCNC(=O)c3cccnc3)nc(C)n2)n1. The molecule has 8 heteroatoms. The summed E-state index contributed by atoms with van der Waals surface area (Å²) in [6, 6.07) is 7.30. The van der Waals surface area contributed by atoms with Gasteiger partial charge in [0, 0.05) is 37.2 Å². The lowest BCUT2D eigenvalue weighted by atomic mass is 10.3. The molecule has 8 nitrogen and oxygen atoms in total. The fourth-order valence-electron chi connectivity index (χ4n) is 2.58. The first-order valence-electron chi connectivity index (χ1n) is 8.34. The van der Waals surface area contributed by atoms with Crippen molar-refractivity contribution < 1.29 is 4.79 Å². The Bertz CT molecular complexity index is 905. The van der Waals surface area contributed by atoms with Gasteiger partial charge in [0.15, 0.2) is 5.82 Å². The molecule has 3 rings (SSSR count). The molecule has 0 unspecified atom stereocenters. The van der Waals surface area contributed by atoms with Crippen LogP contribution in [0.4, 0.5) is 5.82 Å². The summed E-state index contributed by atoms with van der Waals surface area (Å²) in [4.78, 5) is 24.7. The molecule has 2 N–H and O–H groups in total. The topological polar surface area (TPSA) is 97.6 Å². The van der Waals surface area contributed by atoms with E-state index < -0.39 is 0 Å². The van der Waals surface area contributed by atoms with Gasteiger partial charge in [-0.1, -0.05) is 0 Å². The Morgan fingerprint density at radius 3 is 2.69 bits per heavy atom. The number of aromatic nitrogens is 5. The quantitative estimate of drug-likeness (QED) is 0.658. The number of anilines is 1. The monoisotopic (exact) mass is 351 g/mol. The number of aryl methyl sites for hydroxylation is 3. The van der Waals surface area contributed by atoms with Crippen molar-refractivity contribution in [3.05, 3.63) is 59.4 Å². The zero-order chi connectivity index (χ0) is 18.5. The smallest absolute Gasteiger partial charge is 0.252 e. The van der Waals surface area contributed by atoms with E-state index in [4.69, 9.17) is 0 Å². The molecule has 0 radical (unpaired) electrons. The van der Waals surface area contributed by atoms with E-state index in [0.717, 1.165) is 11.4 Å². The first kappa shape index (κ1) is 17.5. The molecule has 0 aliphatic carbocycles. The maximum absolute atomic E-state index is 12.0. The number of rotatable bonds is 6. The van der Waals surface area contributed by atoms with Crippen LogP contribution in [0.25, 0.3) is 5.82 Å². The van der Waals surface area contributed by atoms with Crippen molar-refractivity contribution in [2.45, 2.75) is 20.8 Å². The van der Waals surface area contributed by atoms with E-state index in [9.17, 15) is 4.79 Å². The Labute approximate surface area is 151 Å². The van der Waals surface area contributed by atoms with E-state index in [0.29, 0.717) is 36.1 Å². The van der Waals surface area contributed by atoms with Crippen LogP contribution in [-0.4, -0.2) is 43.7 Å². The van der Waals surface area contributed by atoms with Crippen LogP contribution in [0.1, 0.15) is 27.6 Å². The normalized spacial score (nSPS) is 10.6. The highest BCUT2D eigenvalue weighted by Crippen LogP contribution is 2.13. The van der Waals surface area contributed by atoms with Gasteiger partial charge in [-0.05, 0) is 39.0 Å². The Balaban J connectivity index is 1.60. The third-order valence-corrected chi connectivity index (χ3v) is 3.69. The van der Waals surface area contributed by atoms with E-state index in [1.807, 2.05) is 32.9 Å². The lowest BCUT2D eigenvalue weighted by Crippen LogP contribution is -2.29. The van der Waals surface area contributed by atoms with Crippen LogP contribution in [0.15, 0.2) is 36.7 Å². The summed E-state index contributed by atoms with van der Waals surface area (Å²) in [5.41, 5.74) is 2.49. The summed E-state index contributed by atoms with van der Waals surface area (Å²) in [6.45, 7) is 6.77. The molecule has 26 heavy (non-hydrogen) atoms. The minimum atomic E-state index is -0.151. The lowest BCUT2D eigenvalue weighted by Gasteiger charge is -2.10. The predicted octanol–water partition coefficient (Wildman–Crippen LogP) is 1.82. The van der Waals surface area contributed by atoms with Crippen LogP contribution < -0.4 is 10.6 Å². The summed E-state index contributed by atoms with van der Waals surface area (Å²) in [5, 5.41) is 10.5. The molecule has 0 saturated heterocycles. The Morgan fingerprint density at radius 1 is 1.15 bits per heavy atom.